The molecule has 0 aromatic carbocycles. The van der Waals surface area contributed by atoms with Gasteiger partial charge in [-0.15, -0.1) is 0 Å². The Labute approximate surface area is 97.7 Å². The average molecular weight is 229 g/mol. The predicted molar refractivity (Wildman–Crippen MR) is 63.2 cm³/mol. The Hall–Kier alpha value is -1.06. The lowest BCUT2D eigenvalue weighted by Crippen LogP contribution is -2.46. The molecule has 1 amide bonds. The van der Waals surface area contributed by atoms with Gasteiger partial charge in [0.25, 0.3) is 0 Å². The van der Waals surface area contributed by atoms with Gasteiger partial charge in [0.05, 0.1) is 13.2 Å². The van der Waals surface area contributed by atoms with E-state index in [4.69, 9.17) is 0 Å². The van der Waals surface area contributed by atoms with Gasteiger partial charge in [0.1, 0.15) is 0 Å². The molecule has 0 radical (unpaired) electrons. The highest BCUT2D eigenvalue weighted by Gasteiger charge is 2.31. The van der Waals surface area contributed by atoms with E-state index in [-0.39, 0.29) is 5.78 Å². The lowest BCUT2D eigenvalue weighted by Gasteiger charge is -2.26. The van der Waals surface area contributed by atoms with Crippen LogP contribution in [-0.2, 0) is 9.53 Å². The highest BCUT2D eigenvalue weighted by atomic mass is 16.5. The molecule has 1 N–H and O–H groups in total. The molecule has 0 rings (SSSR count). The molecule has 94 valence electrons. The Kier molecular flexibility index (Phi) is 5.48. The van der Waals surface area contributed by atoms with Crippen LogP contribution in [0.1, 0.15) is 41.0 Å². The fourth-order valence-corrected chi connectivity index (χ4v) is 1.43. The van der Waals surface area contributed by atoms with Gasteiger partial charge in [0, 0.05) is 5.41 Å². The molecule has 0 heterocycles. The van der Waals surface area contributed by atoms with Gasteiger partial charge < -0.3 is 10.1 Å². The van der Waals surface area contributed by atoms with Crippen molar-refractivity contribution in [3.63, 3.8) is 0 Å². The number of methoxy groups -OCH3 is 1. The van der Waals surface area contributed by atoms with Crippen LogP contribution >= 0.6 is 0 Å². The fraction of sp³-hybridized carbons (Fsp3) is 0.833. The van der Waals surface area contributed by atoms with Crippen LogP contribution in [0.3, 0.4) is 0 Å². The maximum Gasteiger partial charge on any atom is 0.407 e. The van der Waals surface area contributed by atoms with Gasteiger partial charge in [-0.1, -0.05) is 34.6 Å². The summed E-state index contributed by atoms with van der Waals surface area (Å²) in [5.41, 5.74) is -0.458. The second kappa shape index (κ2) is 5.87. The van der Waals surface area contributed by atoms with Crippen LogP contribution in [0.5, 0.6) is 0 Å². The first-order chi connectivity index (χ1) is 7.18. The van der Waals surface area contributed by atoms with Gasteiger partial charge in [-0.25, -0.2) is 4.79 Å². The van der Waals surface area contributed by atoms with Crippen LogP contribution < -0.4 is 5.32 Å². The SMILES string of the molecule is COC(=O)N[C@H](CC(C)C)C(=O)C(C)(C)C. The zero-order valence-corrected chi connectivity index (χ0v) is 11.1. The van der Waals surface area contributed by atoms with E-state index in [0.29, 0.717) is 12.3 Å². The number of nitrogens with one attached hydrogen (secondary N) is 1. The summed E-state index contributed by atoms with van der Waals surface area (Å²) in [5, 5.41) is 2.59. The third-order valence-electron chi connectivity index (χ3n) is 2.24. The first-order valence-electron chi connectivity index (χ1n) is 5.57. The maximum absolute atomic E-state index is 12.1. The summed E-state index contributed by atoms with van der Waals surface area (Å²) in [7, 11) is 1.29. The lowest BCUT2D eigenvalue weighted by molar-refractivity contribution is -0.128. The van der Waals surface area contributed by atoms with Crippen molar-refractivity contribution in [1.29, 1.82) is 0 Å². The number of ether oxygens (including phenoxy) is 1. The normalized spacial score (nSPS) is 13.4. The van der Waals surface area contributed by atoms with Crippen molar-refractivity contribution in [2.24, 2.45) is 11.3 Å². The average Bonchev–Trinajstić information content (AvgIpc) is 2.13. The quantitative estimate of drug-likeness (QED) is 0.805. The first-order valence-corrected chi connectivity index (χ1v) is 5.57. The third kappa shape index (κ3) is 5.14. The van der Waals surface area contributed by atoms with Gasteiger partial charge in [0.2, 0.25) is 0 Å². The smallest absolute Gasteiger partial charge is 0.407 e. The summed E-state index contributed by atoms with van der Waals surface area (Å²) in [6.45, 7) is 9.58. The number of carbonyl (C=O) groups is 2. The van der Waals surface area contributed by atoms with Crippen LogP contribution in [0.15, 0.2) is 0 Å². The van der Waals surface area contributed by atoms with E-state index in [0.717, 1.165) is 0 Å². The number of ketones is 1. The first kappa shape index (κ1) is 14.9. The van der Waals surface area contributed by atoms with Gasteiger partial charge in [-0.2, -0.15) is 0 Å². The molecular weight excluding hydrogens is 206 g/mol. The van der Waals surface area contributed by atoms with Crippen LogP contribution in [0.2, 0.25) is 0 Å². The topological polar surface area (TPSA) is 55.4 Å². The molecule has 0 bridgehead atoms. The second-order valence-electron chi connectivity index (χ2n) is 5.43. The predicted octanol–water partition coefficient (Wildman–Crippen LogP) is 2.37. The molecule has 4 nitrogen and oxygen atoms in total. The molecular formula is C12H23NO3. The second-order valence-corrected chi connectivity index (χ2v) is 5.43. The van der Waals surface area contributed by atoms with E-state index in [2.05, 4.69) is 10.1 Å². The maximum atomic E-state index is 12.1. The van der Waals surface area contributed by atoms with Gasteiger partial charge in [-0.3, -0.25) is 4.79 Å². The highest BCUT2D eigenvalue weighted by Crippen LogP contribution is 2.20. The van der Waals surface area contributed by atoms with Gasteiger partial charge in [-0.05, 0) is 12.3 Å². The van der Waals surface area contributed by atoms with E-state index in [9.17, 15) is 9.59 Å². The van der Waals surface area contributed by atoms with Crippen molar-refractivity contribution in [3.8, 4) is 0 Å². The standard InChI is InChI=1S/C12H23NO3/c1-8(2)7-9(13-11(15)16-6)10(14)12(3,4)5/h8-9H,7H2,1-6H3,(H,13,15)/t9-/m1/s1. The van der Waals surface area contributed by atoms with E-state index in [1.165, 1.54) is 7.11 Å². The molecule has 0 fully saturated rings. The number of rotatable bonds is 4. The Morgan fingerprint density at radius 1 is 1.25 bits per heavy atom. The number of Topliss-reactive ketones (excluding diaryl/α,β-unsaturated/α-hetero) is 1. The molecule has 0 saturated heterocycles. The zero-order valence-electron chi connectivity index (χ0n) is 11.1. The number of alkyl carbamates (subject to hydrolysis) is 1. The highest BCUT2D eigenvalue weighted by molar-refractivity contribution is 5.91. The van der Waals surface area contributed by atoms with Crippen molar-refractivity contribution in [1.82, 2.24) is 5.32 Å². The summed E-state index contributed by atoms with van der Waals surface area (Å²) in [6, 6.07) is -0.465. The van der Waals surface area contributed by atoms with Crippen LogP contribution in [-0.4, -0.2) is 25.0 Å². The van der Waals surface area contributed by atoms with Crippen molar-refractivity contribution < 1.29 is 14.3 Å². The van der Waals surface area contributed by atoms with E-state index >= 15 is 0 Å². The number of hydrogen-bond donors (Lipinski definition) is 1. The van der Waals surface area contributed by atoms with Crippen LogP contribution in [0, 0.1) is 11.3 Å². The zero-order chi connectivity index (χ0) is 12.9. The van der Waals surface area contributed by atoms with Gasteiger partial charge >= 0.3 is 6.09 Å². The lowest BCUT2D eigenvalue weighted by atomic mass is 9.83. The monoisotopic (exact) mass is 229 g/mol. The van der Waals surface area contributed by atoms with Crippen molar-refractivity contribution >= 4 is 11.9 Å². The molecule has 0 aromatic heterocycles. The molecule has 0 aliphatic heterocycles. The Morgan fingerprint density at radius 3 is 2.06 bits per heavy atom. The van der Waals surface area contributed by atoms with Crippen molar-refractivity contribution in [2.45, 2.75) is 47.1 Å². The summed E-state index contributed by atoms with van der Waals surface area (Å²) < 4.78 is 4.52. The number of amides is 1. The van der Waals surface area contributed by atoms with Crippen LogP contribution in [0.25, 0.3) is 0 Å². The molecule has 0 spiro atoms. The number of hydrogen-bond acceptors (Lipinski definition) is 3. The van der Waals surface area contributed by atoms with Crippen LogP contribution in [0.4, 0.5) is 4.79 Å². The minimum atomic E-state index is -0.553. The minimum absolute atomic E-state index is 0.0339. The molecule has 0 aliphatic rings. The fourth-order valence-electron chi connectivity index (χ4n) is 1.43. The molecule has 16 heavy (non-hydrogen) atoms. The number of carbonyl (C=O) groups excluding carboxylic acids is 2. The third-order valence-corrected chi connectivity index (χ3v) is 2.24. The van der Waals surface area contributed by atoms with Gasteiger partial charge in [0.15, 0.2) is 5.78 Å². The Morgan fingerprint density at radius 2 is 1.75 bits per heavy atom. The summed E-state index contributed by atoms with van der Waals surface area (Å²) >= 11 is 0. The molecule has 0 aromatic rings. The molecule has 0 aliphatic carbocycles. The van der Waals surface area contributed by atoms with E-state index in [1.54, 1.807) is 0 Å². The summed E-state index contributed by atoms with van der Waals surface area (Å²) in [6.07, 6.45) is 0.0776. The van der Waals surface area contributed by atoms with Crippen molar-refractivity contribution in [2.75, 3.05) is 7.11 Å². The minimum Gasteiger partial charge on any atom is -0.453 e. The molecule has 0 unspecified atom stereocenters. The Balaban J connectivity index is 4.67. The molecule has 0 saturated carbocycles. The van der Waals surface area contributed by atoms with E-state index < -0.39 is 17.6 Å². The summed E-state index contributed by atoms with van der Waals surface area (Å²) in [5.74, 6) is 0.375. The largest absolute Gasteiger partial charge is 0.453 e. The molecule has 1 atom stereocenters. The Bertz CT molecular complexity index is 253. The van der Waals surface area contributed by atoms with Crippen molar-refractivity contribution in [3.05, 3.63) is 0 Å². The molecule has 4 heteroatoms. The van der Waals surface area contributed by atoms with E-state index in [1.807, 2.05) is 34.6 Å². The summed E-state index contributed by atoms with van der Waals surface area (Å²) in [4.78, 5) is 23.2.